The number of benzene rings is 2. The van der Waals surface area contributed by atoms with Gasteiger partial charge >= 0.3 is 5.69 Å². The zero-order chi connectivity index (χ0) is 20.2. The van der Waals surface area contributed by atoms with Gasteiger partial charge < -0.3 is 9.14 Å². The van der Waals surface area contributed by atoms with Crippen molar-refractivity contribution in [1.29, 1.82) is 0 Å². The van der Waals surface area contributed by atoms with E-state index < -0.39 is 4.92 Å². The highest BCUT2D eigenvalue weighted by Crippen LogP contribution is 2.29. The summed E-state index contributed by atoms with van der Waals surface area (Å²) in [6, 6.07) is 20.3. The Morgan fingerprint density at radius 3 is 2.62 bits per heavy atom. The van der Waals surface area contributed by atoms with Crippen molar-refractivity contribution in [1.82, 2.24) is 9.38 Å². The van der Waals surface area contributed by atoms with E-state index in [4.69, 9.17) is 4.74 Å². The number of ether oxygens (including phenoxy) is 1. The van der Waals surface area contributed by atoms with Gasteiger partial charge in [0, 0.05) is 18.0 Å². The standard InChI is InChI=1S/C23H19N3O3/c1-17-20(24-23-9-5-6-14-25(17)23)12-10-18-11-13-21(26(27)28)22(15-18)29-16-19-7-3-2-4-8-19/h2-15H,16H2,1H3. The fourth-order valence-electron chi connectivity index (χ4n) is 3.11. The fourth-order valence-corrected chi connectivity index (χ4v) is 3.11. The Morgan fingerprint density at radius 2 is 1.86 bits per heavy atom. The van der Waals surface area contributed by atoms with Crippen molar-refractivity contribution in [2.45, 2.75) is 13.5 Å². The van der Waals surface area contributed by atoms with Crippen LogP contribution in [-0.2, 0) is 6.61 Å². The van der Waals surface area contributed by atoms with Gasteiger partial charge in [0.1, 0.15) is 12.3 Å². The molecule has 144 valence electrons. The van der Waals surface area contributed by atoms with Gasteiger partial charge in [-0.2, -0.15) is 0 Å². The molecule has 0 aliphatic rings. The van der Waals surface area contributed by atoms with E-state index in [0.29, 0.717) is 0 Å². The maximum atomic E-state index is 11.4. The van der Waals surface area contributed by atoms with Crippen molar-refractivity contribution < 1.29 is 9.66 Å². The van der Waals surface area contributed by atoms with E-state index in [9.17, 15) is 10.1 Å². The van der Waals surface area contributed by atoms with E-state index in [2.05, 4.69) is 4.98 Å². The third-order valence-electron chi connectivity index (χ3n) is 4.66. The molecule has 2 aromatic carbocycles. The minimum absolute atomic E-state index is 0.0537. The van der Waals surface area contributed by atoms with Crippen LogP contribution in [0.4, 0.5) is 5.69 Å². The van der Waals surface area contributed by atoms with Crippen molar-refractivity contribution in [3.63, 3.8) is 0 Å². The lowest BCUT2D eigenvalue weighted by atomic mass is 10.1. The fraction of sp³-hybridized carbons (Fsp3) is 0.0870. The number of hydrogen-bond acceptors (Lipinski definition) is 4. The van der Waals surface area contributed by atoms with Crippen molar-refractivity contribution >= 4 is 23.5 Å². The summed E-state index contributed by atoms with van der Waals surface area (Å²) >= 11 is 0. The Kier molecular flexibility index (Phi) is 5.07. The van der Waals surface area contributed by atoms with Gasteiger partial charge in [-0.25, -0.2) is 4.98 Å². The topological polar surface area (TPSA) is 69.7 Å². The first-order valence-electron chi connectivity index (χ1n) is 9.19. The molecule has 0 unspecified atom stereocenters. The molecule has 2 heterocycles. The highest BCUT2D eigenvalue weighted by molar-refractivity contribution is 5.72. The number of fused-ring (bicyclic) bond motifs is 1. The monoisotopic (exact) mass is 385 g/mol. The Labute approximate surface area is 167 Å². The Balaban J connectivity index is 1.61. The first-order chi connectivity index (χ1) is 14.1. The van der Waals surface area contributed by atoms with Gasteiger partial charge in [-0.1, -0.05) is 42.5 Å². The lowest BCUT2D eigenvalue weighted by Crippen LogP contribution is -1.99. The minimum atomic E-state index is -0.430. The average Bonchev–Trinajstić information content (AvgIpc) is 3.07. The summed E-state index contributed by atoms with van der Waals surface area (Å²) in [5.74, 6) is 0.243. The van der Waals surface area contributed by atoms with Gasteiger partial charge in [0.25, 0.3) is 0 Å². The van der Waals surface area contributed by atoms with E-state index >= 15 is 0 Å². The molecule has 0 atom stereocenters. The highest BCUT2D eigenvalue weighted by atomic mass is 16.6. The molecule has 0 bridgehead atoms. The van der Waals surface area contributed by atoms with E-state index in [1.807, 2.05) is 78.2 Å². The number of pyridine rings is 1. The van der Waals surface area contributed by atoms with Crippen LogP contribution in [0.3, 0.4) is 0 Å². The van der Waals surface area contributed by atoms with E-state index in [-0.39, 0.29) is 18.0 Å². The lowest BCUT2D eigenvalue weighted by molar-refractivity contribution is -0.385. The van der Waals surface area contributed by atoms with Gasteiger partial charge in [0.15, 0.2) is 5.75 Å². The molecule has 0 aliphatic heterocycles. The molecule has 2 aromatic heterocycles. The van der Waals surface area contributed by atoms with Crippen molar-refractivity contribution in [3.8, 4) is 5.75 Å². The van der Waals surface area contributed by atoms with Crippen LogP contribution in [0.5, 0.6) is 5.75 Å². The lowest BCUT2D eigenvalue weighted by Gasteiger charge is -2.08. The molecule has 0 N–H and O–H groups in total. The predicted molar refractivity (Wildman–Crippen MR) is 113 cm³/mol. The molecule has 4 rings (SSSR count). The molecular weight excluding hydrogens is 366 g/mol. The van der Waals surface area contributed by atoms with Crippen molar-refractivity contribution in [3.05, 3.63) is 106 Å². The SMILES string of the molecule is Cc1c(C=Cc2ccc([N+](=O)[O-])c(OCc3ccccc3)c2)nc2ccccn12. The number of rotatable bonds is 6. The molecule has 0 amide bonds. The summed E-state index contributed by atoms with van der Waals surface area (Å²) in [7, 11) is 0. The van der Waals surface area contributed by atoms with Gasteiger partial charge in [-0.15, -0.1) is 0 Å². The number of aryl methyl sites for hydroxylation is 1. The van der Waals surface area contributed by atoms with Crippen LogP contribution in [-0.4, -0.2) is 14.3 Å². The molecule has 0 radical (unpaired) electrons. The summed E-state index contributed by atoms with van der Waals surface area (Å²) < 4.78 is 7.77. The van der Waals surface area contributed by atoms with E-state index in [1.54, 1.807) is 12.1 Å². The summed E-state index contributed by atoms with van der Waals surface area (Å²) in [6.07, 6.45) is 5.76. The molecule has 6 nitrogen and oxygen atoms in total. The number of nitro groups is 1. The molecule has 6 heteroatoms. The van der Waals surface area contributed by atoms with Crippen LogP contribution < -0.4 is 4.74 Å². The number of nitrogens with zero attached hydrogens (tertiary/aromatic N) is 3. The molecule has 0 spiro atoms. The zero-order valence-corrected chi connectivity index (χ0v) is 15.9. The molecule has 29 heavy (non-hydrogen) atoms. The number of hydrogen-bond donors (Lipinski definition) is 0. The quantitative estimate of drug-likeness (QED) is 0.334. The van der Waals surface area contributed by atoms with E-state index in [0.717, 1.165) is 28.2 Å². The second-order valence-electron chi connectivity index (χ2n) is 6.60. The molecule has 0 fully saturated rings. The summed E-state index contributed by atoms with van der Waals surface area (Å²) in [5.41, 5.74) is 4.45. The van der Waals surface area contributed by atoms with Crippen LogP contribution in [0.25, 0.3) is 17.8 Å². The molecule has 0 saturated carbocycles. The predicted octanol–water partition coefficient (Wildman–Crippen LogP) is 5.30. The maximum Gasteiger partial charge on any atom is 0.310 e. The third-order valence-corrected chi connectivity index (χ3v) is 4.66. The maximum absolute atomic E-state index is 11.4. The second kappa shape index (κ2) is 7.98. The Bertz CT molecular complexity index is 1200. The average molecular weight is 385 g/mol. The first-order valence-corrected chi connectivity index (χ1v) is 9.19. The van der Waals surface area contributed by atoms with Gasteiger partial charge in [-0.05, 0) is 48.4 Å². The molecule has 4 aromatic rings. The van der Waals surface area contributed by atoms with E-state index in [1.165, 1.54) is 6.07 Å². The number of imidazole rings is 1. The van der Waals surface area contributed by atoms with Crippen LogP contribution in [0, 0.1) is 17.0 Å². The Hall–Kier alpha value is -3.93. The van der Waals surface area contributed by atoms with Crippen molar-refractivity contribution in [2.24, 2.45) is 0 Å². The zero-order valence-electron chi connectivity index (χ0n) is 15.9. The molecule has 0 aliphatic carbocycles. The third kappa shape index (κ3) is 4.01. The number of aromatic nitrogens is 2. The van der Waals surface area contributed by atoms with Crippen LogP contribution in [0.1, 0.15) is 22.5 Å². The van der Waals surface area contributed by atoms with Gasteiger partial charge in [-0.3, -0.25) is 10.1 Å². The second-order valence-corrected chi connectivity index (χ2v) is 6.60. The highest BCUT2D eigenvalue weighted by Gasteiger charge is 2.15. The van der Waals surface area contributed by atoms with Crippen LogP contribution in [0.2, 0.25) is 0 Å². The molecular formula is C23H19N3O3. The summed E-state index contributed by atoms with van der Waals surface area (Å²) in [5, 5.41) is 11.4. The summed E-state index contributed by atoms with van der Waals surface area (Å²) in [6.45, 7) is 2.27. The smallest absolute Gasteiger partial charge is 0.310 e. The number of nitro benzene ring substituents is 1. The first kappa shape index (κ1) is 18.4. The largest absolute Gasteiger partial charge is 0.482 e. The summed E-state index contributed by atoms with van der Waals surface area (Å²) in [4.78, 5) is 15.5. The molecule has 0 saturated heterocycles. The van der Waals surface area contributed by atoms with Crippen molar-refractivity contribution in [2.75, 3.05) is 0 Å². The van der Waals surface area contributed by atoms with Gasteiger partial charge in [0.2, 0.25) is 0 Å². The van der Waals surface area contributed by atoms with Crippen LogP contribution >= 0.6 is 0 Å². The minimum Gasteiger partial charge on any atom is -0.482 e. The Morgan fingerprint density at radius 1 is 1.07 bits per heavy atom. The normalized spacial score (nSPS) is 11.2. The van der Waals surface area contributed by atoms with Crippen LogP contribution in [0.15, 0.2) is 72.9 Å². The van der Waals surface area contributed by atoms with Gasteiger partial charge in [0.05, 0.1) is 10.6 Å².